The molecule has 1 rings (SSSR count). The van der Waals surface area contributed by atoms with Gasteiger partial charge in [-0.1, -0.05) is 12.1 Å². The number of nitrogens with one attached hydrogen (secondary N) is 1. The molecule has 0 radical (unpaired) electrons. The van der Waals surface area contributed by atoms with Crippen LogP contribution in [0.3, 0.4) is 0 Å². The molecule has 0 aliphatic rings. The van der Waals surface area contributed by atoms with Gasteiger partial charge in [0.15, 0.2) is 0 Å². The van der Waals surface area contributed by atoms with Crippen LogP contribution in [0.2, 0.25) is 0 Å². The molecule has 0 heterocycles. The second kappa shape index (κ2) is 7.21. The zero-order chi connectivity index (χ0) is 13.4. The predicted octanol–water partition coefficient (Wildman–Crippen LogP) is 1.52. The van der Waals surface area contributed by atoms with E-state index in [1.807, 2.05) is 0 Å². The Morgan fingerprint density at radius 1 is 1.33 bits per heavy atom. The largest absolute Gasteiger partial charge is 0.465 e. The van der Waals surface area contributed by atoms with Crippen molar-refractivity contribution in [1.29, 1.82) is 0 Å². The van der Waals surface area contributed by atoms with E-state index in [0.717, 1.165) is 0 Å². The van der Waals surface area contributed by atoms with Crippen molar-refractivity contribution in [3.05, 3.63) is 41.7 Å². The van der Waals surface area contributed by atoms with Gasteiger partial charge in [0.05, 0.1) is 6.61 Å². The normalized spacial score (nSPS) is 10.3. The monoisotopic (exact) mass is 251 g/mol. The lowest BCUT2D eigenvalue weighted by molar-refractivity contribution is -0.143. The number of ether oxygens (including phenoxy) is 1. The van der Waals surface area contributed by atoms with E-state index in [1.54, 1.807) is 19.1 Å². The van der Waals surface area contributed by atoms with E-state index in [4.69, 9.17) is 0 Å². The number of esters is 1. The van der Waals surface area contributed by atoms with Gasteiger partial charge in [-0.05, 0) is 30.7 Å². The minimum Gasteiger partial charge on any atom is -0.465 e. The molecule has 1 aromatic carbocycles. The van der Waals surface area contributed by atoms with Crippen LogP contribution in [0, 0.1) is 5.82 Å². The molecule has 0 aliphatic carbocycles. The molecule has 0 saturated heterocycles. The second-order valence-corrected chi connectivity index (χ2v) is 3.41. The lowest BCUT2D eigenvalue weighted by atomic mass is 10.2. The maximum Gasteiger partial charge on any atom is 0.325 e. The third-order valence-corrected chi connectivity index (χ3v) is 2.01. The molecule has 1 aromatic rings. The fourth-order valence-electron chi connectivity index (χ4n) is 1.18. The number of halogens is 1. The maximum absolute atomic E-state index is 12.6. The van der Waals surface area contributed by atoms with Gasteiger partial charge in [-0.15, -0.1) is 0 Å². The van der Waals surface area contributed by atoms with Gasteiger partial charge in [0, 0.05) is 6.08 Å². The van der Waals surface area contributed by atoms with Gasteiger partial charge in [-0.3, -0.25) is 9.59 Å². The minimum absolute atomic E-state index is 0.166. The smallest absolute Gasteiger partial charge is 0.325 e. The summed E-state index contributed by atoms with van der Waals surface area (Å²) in [6.45, 7) is 1.80. The van der Waals surface area contributed by atoms with Crippen LogP contribution in [-0.4, -0.2) is 25.0 Å². The Kier molecular flexibility index (Phi) is 5.57. The molecule has 0 bridgehead atoms. The van der Waals surface area contributed by atoms with E-state index in [-0.39, 0.29) is 19.0 Å². The number of hydrogen-bond donors (Lipinski definition) is 1. The van der Waals surface area contributed by atoms with E-state index in [9.17, 15) is 14.0 Å². The van der Waals surface area contributed by atoms with Crippen molar-refractivity contribution >= 4 is 18.0 Å². The molecule has 0 aromatic heterocycles. The summed E-state index contributed by atoms with van der Waals surface area (Å²) in [5, 5.41) is 2.37. The highest BCUT2D eigenvalue weighted by Crippen LogP contribution is 2.04. The van der Waals surface area contributed by atoms with E-state index in [1.165, 1.54) is 24.3 Å². The van der Waals surface area contributed by atoms with Crippen LogP contribution in [-0.2, 0) is 14.3 Å². The molecule has 0 fully saturated rings. The quantitative estimate of drug-likeness (QED) is 0.637. The summed E-state index contributed by atoms with van der Waals surface area (Å²) >= 11 is 0. The fraction of sp³-hybridized carbons (Fsp3) is 0.231. The van der Waals surface area contributed by atoms with Crippen molar-refractivity contribution in [1.82, 2.24) is 5.32 Å². The van der Waals surface area contributed by atoms with Crippen LogP contribution in [0.1, 0.15) is 12.5 Å². The highest BCUT2D eigenvalue weighted by molar-refractivity contribution is 5.93. The zero-order valence-corrected chi connectivity index (χ0v) is 9.98. The Balaban J connectivity index is 2.40. The first-order valence-corrected chi connectivity index (χ1v) is 5.49. The van der Waals surface area contributed by atoms with Crippen LogP contribution < -0.4 is 5.32 Å². The highest BCUT2D eigenvalue weighted by Gasteiger charge is 2.02. The van der Waals surface area contributed by atoms with Crippen molar-refractivity contribution in [2.24, 2.45) is 0 Å². The molecule has 0 spiro atoms. The van der Waals surface area contributed by atoms with Crippen molar-refractivity contribution in [3.63, 3.8) is 0 Å². The molecule has 1 N–H and O–H groups in total. The topological polar surface area (TPSA) is 55.4 Å². The number of amides is 1. The van der Waals surface area contributed by atoms with Crippen LogP contribution >= 0.6 is 0 Å². The molecule has 18 heavy (non-hydrogen) atoms. The Labute approximate surface area is 104 Å². The van der Waals surface area contributed by atoms with Crippen molar-refractivity contribution in [2.45, 2.75) is 6.92 Å². The third kappa shape index (κ3) is 5.25. The molecular formula is C13H14FNO3. The lowest BCUT2D eigenvalue weighted by Crippen LogP contribution is -2.29. The number of benzene rings is 1. The Morgan fingerprint density at radius 2 is 2.00 bits per heavy atom. The van der Waals surface area contributed by atoms with Gasteiger partial charge in [0.1, 0.15) is 12.4 Å². The van der Waals surface area contributed by atoms with Crippen molar-refractivity contribution in [2.75, 3.05) is 13.2 Å². The molecule has 0 aliphatic heterocycles. The van der Waals surface area contributed by atoms with E-state index >= 15 is 0 Å². The van der Waals surface area contributed by atoms with Crippen LogP contribution in [0.15, 0.2) is 30.3 Å². The summed E-state index contributed by atoms with van der Waals surface area (Å²) < 4.78 is 17.3. The standard InChI is InChI=1S/C13H14FNO3/c1-2-18-13(17)9-15-12(16)8-5-10-3-6-11(14)7-4-10/h3-8H,2,9H2,1H3,(H,15,16)/b8-5+. The Morgan fingerprint density at radius 3 is 2.61 bits per heavy atom. The van der Waals surface area contributed by atoms with Gasteiger partial charge in [-0.25, -0.2) is 4.39 Å². The molecule has 0 unspecified atom stereocenters. The second-order valence-electron chi connectivity index (χ2n) is 3.41. The number of carbonyl (C=O) groups is 2. The minimum atomic E-state index is -0.485. The van der Waals surface area contributed by atoms with Crippen LogP contribution in [0.5, 0.6) is 0 Å². The summed E-state index contributed by atoms with van der Waals surface area (Å²) in [4.78, 5) is 22.3. The average Bonchev–Trinajstić information content (AvgIpc) is 2.36. The fourth-order valence-corrected chi connectivity index (χ4v) is 1.18. The summed E-state index contributed by atoms with van der Waals surface area (Å²) in [6.07, 6.45) is 2.80. The zero-order valence-electron chi connectivity index (χ0n) is 9.98. The lowest BCUT2D eigenvalue weighted by Gasteiger charge is -2.01. The highest BCUT2D eigenvalue weighted by atomic mass is 19.1. The SMILES string of the molecule is CCOC(=O)CNC(=O)/C=C/c1ccc(F)cc1. The molecule has 5 heteroatoms. The first-order chi connectivity index (χ1) is 8.61. The van der Waals surface area contributed by atoms with Gasteiger partial charge >= 0.3 is 5.97 Å². The van der Waals surface area contributed by atoms with Gasteiger partial charge in [0.2, 0.25) is 5.91 Å². The Bertz CT molecular complexity index is 440. The van der Waals surface area contributed by atoms with Gasteiger partial charge < -0.3 is 10.1 Å². The van der Waals surface area contributed by atoms with Crippen molar-refractivity contribution in [3.8, 4) is 0 Å². The summed E-state index contributed by atoms with van der Waals surface area (Å²) in [6, 6.07) is 5.70. The van der Waals surface area contributed by atoms with E-state index < -0.39 is 11.9 Å². The van der Waals surface area contributed by atoms with Crippen LogP contribution in [0.4, 0.5) is 4.39 Å². The summed E-state index contributed by atoms with van der Waals surface area (Å²) in [5.74, 6) is -1.23. The third-order valence-electron chi connectivity index (χ3n) is 2.01. The first-order valence-electron chi connectivity index (χ1n) is 5.49. The summed E-state index contributed by atoms with van der Waals surface area (Å²) in [7, 11) is 0. The molecule has 1 amide bonds. The molecule has 96 valence electrons. The Hall–Kier alpha value is -2.17. The van der Waals surface area contributed by atoms with E-state index in [0.29, 0.717) is 5.56 Å². The van der Waals surface area contributed by atoms with Crippen molar-refractivity contribution < 1.29 is 18.7 Å². The summed E-state index contributed by atoms with van der Waals surface area (Å²) in [5.41, 5.74) is 0.697. The first kappa shape index (κ1) is 13.9. The van der Waals surface area contributed by atoms with Gasteiger partial charge in [-0.2, -0.15) is 0 Å². The number of rotatable bonds is 5. The predicted molar refractivity (Wildman–Crippen MR) is 65.1 cm³/mol. The molecule has 0 saturated carbocycles. The van der Waals surface area contributed by atoms with E-state index in [2.05, 4.69) is 10.1 Å². The number of hydrogen-bond acceptors (Lipinski definition) is 3. The van der Waals surface area contributed by atoms with Crippen LogP contribution in [0.25, 0.3) is 6.08 Å². The average molecular weight is 251 g/mol. The maximum atomic E-state index is 12.6. The molecule has 0 atom stereocenters. The van der Waals surface area contributed by atoms with Gasteiger partial charge in [0.25, 0.3) is 0 Å². The number of carbonyl (C=O) groups excluding carboxylic acids is 2. The molecule has 4 nitrogen and oxygen atoms in total. The molecular weight excluding hydrogens is 237 g/mol.